The van der Waals surface area contributed by atoms with Crippen molar-refractivity contribution < 1.29 is 25.0 Å². The number of hydrogen-bond acceptors (Lipinski definition) is 7. The molecule has 114 valence electrons. The summed E-state index contributed by atoms with van der Waals surface area (Å²) < 4.78 is 5.42. The van der Waals surface area contributed by atoms with Gasteiger partial charge in [-0.05, 0) is 18.1 Å². The maximum absolute atomic E-state index is 10.8. The van der Waals surface area contributed by atoms with E-state index in [1.54, 1.807) is 11.0 Å². The summed E-state index contributed by atoms with van der Waals surface area (Å²) in [5, 5.41) is 40.1. The molecule has 0 bridgehead atoms. The number of aliphatic hydroxyl groups is 3. The Morgan fingerprint density at radius 2 is 2.05 bits per heavy atom. The number of nitro groups is 1. The summed E-state index contributed by atoms with van der Waals surface area (Å²) in [6.07, 6.45) is -3.80. The Hall–Kier alpha value is -1.74. The number of nitro benzene ring substituents is 1. The minimum absolute atomic E-state index is 0.0242. The highest BCUT2D eigenvalue weighted by Crippen LogP contribution is 2.34. The van der Waals surface area contributed by atoms with E-state index in [-0.39, 0.29) is 12.3 Å². The fourth-order valence-corrected chi connectivity index (χ4v) is 2.86. The third-order valence-corrected chi connectivity index (χ3v) is 3.99. The van der Waals surface area contributed by atoms with Crippen LogP contribution in [-0.4, -0.2) is 57.9 Å². The lowest BCUT2D eigenvalue weighted by atomic mass is 10.0. The molecule has 1 aromatic carbocycles. The van der Waals surface area contributed by atoms with Crippen molar-refractivity contribution in [1.29, 1.82) is 0 Å². The van der Waals surface area contributed by atoms with Crippen LogP contribution in [0.2, 0.25) is 0 Å². The van der Waals surface area contributed by atoms with Gasteiger partial charge < -0.3 is 25.0 Å². The van der Waals surface area contributed by atoms with Gasteiger partial charge in [-0.1, -0.05) is 0 Å². The van der Waals surface area contributed by atoms with Gasteiger partial charge in [0, 0.05) is 24.4 Å². The van der Waals surface area contributed by atoms with Crippen LogP contribution in [0.5, 0.6) is 0 Å². The number of hydrogen-bond donors (Lipinski definition) is 3. The van der Waals surface area contributed by atoms with E-state index in [2.05, 4.69) is 0 Å². The molecule has 1 aromatic rings. The predicted octanol–water partition coefficient (Wildman–Crippen LogP) is -0.604. The smallest absolute Gasteiger partial charge is 0.269 e. The summed E-state index contributed by atoms with van der Waals surface area (Å²) in [5.41, 5.74) is 1.57. The van der Waals surface area contributed by atoms with E-state index in [4.69, 9.17) is 4.74 Å². The van der Waals surface area contributed by atoms with Crippen molar-refractivity contribution >= 4 is 11.4 Å². The average Bonchev–Trinajstić information content (AvgIpc) is 2.88. The number of fused-ring (bicyclic) bond motifs is 1. The Bertz CT molecular complexity index is 566. The molecule has 8 heteroatoms. The zero-order valence-electron chi connectivity index (χ0n) is 11.1. The van der Waals surface area contributed by atoms with Crippen LogP contribution >= 0.6 is 0 Å². The van der Waals surface area contributed by atoms with Gasteiger partial charge in [-0.3, -0.25) is 10.1 Å². The van der Waals surface area contributed by atoms with Gasteiger partial charge in [0.2, 0.25) is 0 Å². The van der Waals surface area contributed by atoms with Crippen LogP contribution in [0.15, 0.2) is 18.2 Å². The molecule has 0 saturated carbocycles. The number of anilines is 1. The van der Waals surface area contributed by atoms with E-state index >= 15 is 0 Å². The number of nitrogens with zero attached hydrogens (tertiary/aromatic N) is 2. The van der Waals surface area contributed by atoms with Gasteiger partial charge in [0.05, 0.1) is 11.5 Å². The van der Waals surface area contributed by atoms with Crippen LogP contribution in [0, 0.1) is 10.1 Å². The molecule has 3 rings (SSSR count). The molecule has 8 nitrogen and oxygen atoms in total. The monoisotopic (exact) mass is 296 g/mol. The van der Waals surface area contributed by atoms with Gasteiger partial charge in [0.15, 0.2) is 6.23 Å². The molecule has 1 saturated heterocycles. The number of non-ortho nitro benzene ring substituents is 1. The topological polar surface area (TPSA) is 116 Å². The molecule has 2 aliphatic rings. The first-order chi connectivity index (χ1) is 9.99. The molecule has 0 aromatic heterocycles. The summed E-state index contributed by atoms with van der Waals surface area (Å²) in [7, 11) is 0. The van der Waals surface area contributed by atoms with Gasteiger partial charge in [-0.25, -0.2) is 0 Å². The number of aliphatic hydroxyl groups excluding tert-OH is 3. The SMILES string of the molecule is O=[N+]([O-])c1ccc2c(c1)CCN2[C@@H]1OC[C@H](O)[C@H](O)[C@H]1O. The minimum Gasteiger partial charge on any atom is -0.388 e. The molecule has 0 aliphatic carbocycles. The van der Waals surface area contributed by atoms with Crippen LogP contribution in [-0.2, 0) is 11.2 Å². The molecule has 2 heterocycles. The summed E-state index contributed by atoms with van der Waals surface area (Å²) in [6, 6.07) is 4.53. The minimum atomic E-state index is -1.27. The molecule has 3 N–H and O–H groups in total. The molecule has 1 fully saturated rings. The number of rotatable bonds is 2. The van der Waals surface area contributed by atoms with Gasteiger partial charge in [0.1, 0.15) is 18.3 Å². The van der Waals surface area contributed by atoms with Crippen LogP contribution in [0.4, 0.5) is 11.4 Å². The maximum Gasteiger partial charge on any atom is 0.269 e. The van der Waals surface area contributed by atoms with Crippen molar-refractivity contribution in [3.63, 3.8) is 0 Å². The molecule has 4 atom stereocenters. The van der Waals surface area contributed by atoms with E-state index in [0.717, 1.165) is 11.3 Å². The lowest BCUT2D eigenvalue weighted by molar-refractivity contribution is -0.384. The Morgan fingerprint density at radius 1 is 1.29 bits per heavy atom. The first-order valence-electron chi connectivity index (χ1n) is 6.69. The van der Waals surface area contributed by atoms with Gasteiger partial charge >= 0.3 is 0 Å². The molecule has 2 aliphatic heterocycles. The molecule has 0 unspecified atom stereocenters. The fourth-order valence-electron chi connectivity index (χ4n) is 2.86. The lowest BCUT2D eigenvalue weighted by Gasteiger charge is -2.40. The summed E-state index contributed by atoms with van der Waals surface area (Å²) in [6.45, 7) is 0.461. The van der Waals surface area contributed by atoms with Crippen LogP contribution < -0.4 is 4.90 Å². The van der Waals surface area contributed by atoms with Crippen LogP contribution in [0.25, 0.3) is 0 Å². The predicted molar refractivity (Wildman–Crippen MR) is 71.9 cm³/mol. The Kier molecular flexibility index (Phi) is 3.54. The Morgan fingerprint density at radius 3 is 2.76 bits per heavy atom. The van der Waals surface area contributed by atoms with E-state index in [9.17, 15) is 25.4 Å². The third kappa shape index (κ3) is 2.36. The zero-order chi connectivity index (χ0) is 15.1. The molecule has 0 spiro atoms. The van der Waals surface area contributed by atoms with Gasteiger partial charge in [-0.15, -0.1) is 0 Å². The second-order valence-electron chi connectivity index (χ2n) is 5.29. The van der Waals surface area contributed by atoms with E-state index in [0.29, 0.717) is 13.0 Å². The average molecular weight is 296 g/mol. The van der Waals surface area contributed by atoms with Crippen molar-refractivity contribution in [1.82, 2.24) is 0 Å². The molecule has 21 heavy (non-hydrogen) atoms. The first kappa shape index (κ1) is 14.2. The van der Waals surface area contributed by atoms with Gasteiger partial charge in [-0.2, -0.15) is 0 Å². The van der Waals surface area contributed by atoms with E-state index in [1.165, 1.54) is 12.1 Å². The molecule has 0 amide bonds. The number of ether oxygens (including phenoxy) is 1. The van der Waals surface area contributed by atoms with Crippen molar-refractivity contribution in [3.8, 4) is 0 Å². The molecular weight excluding hydrogens is 280 g/mol. The molecule has 0 radical (unpaired) electrons. The second-order valence-corrected chi connectivity index (χ2v) is 5.29. The standard InChI is InChI=1S/C13H16N2O6/c16-10-6-21-13(12(18)11(10)17)14-4-3-7-5-8(15(19)20)1-2-9(7)14/h1-2,5,10-13,16-18H,3-4,6H2/t10-,11-,12+,13+/m0/s1. The second kappa shape index (κ2) is 5.23. The van der Waals surface area contributed by atoms with Crippen molar-refractivity contribution in [2.24, 2.45) is 0 Å². The van der Waals surface area contributed by atoms with E-state index in [1.807, 2.05) is 0 Å². The maximum atomic E-state index is 10.8. The van der Waals surface area contributed by atoms with E-state index < -0.39 is 29.5 Å². The third-order valence-electron chi connectivity index (χ3n) is 3.99. The van der Waals surface area contributed by atoms with Gasteiger partial charge in [0.25, 0.3) is 5.69 Å². The Balaban J connectivity index is 1.86. The fraction of sp³-hybridized carbons (Fsp3) is 0.538. The van der Waals surface area contributed by atoms with Crippen LogP contribution in [0.3, 0.4) is 0 Å². The highest BCUT2D eigenvalue weighted by Gasteiger charge is 2.42. The zero-order valence-corrected chi connectivity index (χ0v) is 11.1. The first-order valence-corrected chi connectivity index (χ1v) is 6.69. The summed E-state index contributed by atoms with van der Waals surface area (Å²) in [4.78, 5) is 12.1. The largest absolute Gasteiger partial charge is 0.388 e. The quantitative estimate of drug-likeness (QED) is 0.492. The Labute approximate surface area is 120 Å². The summed E-state index contributed by atoms with van der Waals surface area (Å²) >= 11 is 0. The highest BCUT2D eigenvalue weighted by molar-refractivity contribution is 5.62. The normalized spacial score (nSPS) is 32.0. The van der Waals surface area contributed by atoms with Crippen LogP contribution in [0.1, 0.15) is 5.56 Å². The molecular formula is C13H16N2O6. The van der Waals surface area contributed by atoms with Crippen molar-refractivity contribution in [2.75, 3.05) is 18.1 Å². The number of benzene rings is 1. The van der Waals surface area contributed by atoms with Crippen molar-refractivity contribution in [3.05, 3.63) is 33.9 Å². The highest BCUT2D eigenvalue weighted by atomic mass is 16.6. The lowest BCUT2D eigenvalue weighted by Crippen LogP contribution is -2.58. The van der Waals surface area contributed by atoms with Crippen molar-refractivity contribution in [2.45, 2.75) is 31.0 Å². The summed E-state index contributed by atoms with van der Waals surface area (Å²) in [5.74, 6) is 0.